The predicted molar refractivity (Wildman–Crippen MR) is 87.8 cm³/mol. The molecule has 3 rings (SSSR count). The van der Waals surface area contributed by atoms with Crippen LogP contribution in [0, 0.1) is 5.82 Å². The summed E-state index contributed by atoms with van der Waals surface area (Å²) in [5.41, 5.74) is 1.84. The third kappa shape index (κ3) is 3.40. The van der Waals surface area contributed by atoms with Crippen molar-refractivity contribution < 1.29 is 13.2 Å². The van der Waals surface area contributed by atoms with Gasteiger partial charge in [-0.15, -0.1) is 0 Å². The van der Waals surface area contributed by atoms with Gasteiger partial charge < -0.3 is 5.32 Å². The molecule has 0 radical (unpaired) electrons. The first-order valence-electron chi connectivity index (χ1n) is 6.66. The molecule has 3 nitrogen and oxygen atoms in total. The van der Waals surface area contributed by atoms with Crippen LogP contribution in [-0.4, -0.2) is 18.9 Å². The van der Waals surface area contributed by atoms with E-state index < -0.39 is 18.8 Å². The minimum Gasteiger partial charge on any atom is -0.324 e. The van der Waals surface area contributed by atoms with E-state index in [9.17, 15) is 13.2 Å². The molecule has 0 aromatic heterocycles. The largest absolute Gasteiger partial charge is 0.324 e. The van der Waals surface area contributed by atoms with Gasteiger partial charge in [0.25, 0.3) is 6.43 Å². The van der Waals surface area contributed by atoms with E-state index in [1.165, 1.54) is 18.0 Å². The van der Waals surface area contributed by atoms with Gasteiger partial charge in [-0.25, -0.2) is 18.2 Å². The second-order valence-electron chi connectivity index (χ2n) is 4.69. The Hall–Kier alpha value is -1.86. The van der Waals surface area contributed by atoms with E-state index in [4.69, 9.17) is 11.6 Å². The first-order chi connectivity index (χ1) is 11.1. The monoisotopic (exact) mass is 357 g/mol. The first kappa shape index (κ1) is 16.0. The van der Waals surface area contributed by atoms with Crippen molar-refractivity contribution in [2.75, 3.05) is 11.9 Å². The van der Waals surface area contributed by atoms with Gasteiger partial charge >= 0.3 is 0 Å². The molecule has 0 unspecified atom stereocenters. The van der Waals surface area contributed by atoms with Crippen molar-refractivity contribution in [1.29, 1.82) is 0 Å². The van der Waals surface area contributed by atoms with Crippen molar-refractivity contribution in [2.45, 2.75) is 11.3 Å². The number of hydrogen-bond acceptors (Lipinski definition) is 2. The van der Waals surface area contributed by atoms with Crippen LogP contribution in [0.2, 0.25) is 5.02 Å². The average molecular weight is 358 g/mol. The molecule has 1 heterocycles. The van der Waals surface area contributed by atoms with Crippen molar-refractivity contribution >= 4 is 35.2 Å². The van der Waals surface area contributed by atoms with Gasteiger partial charge in [0, 0.05) is 11.1 Å². The number of nitrogens with zero attached hydrogens (tertiary/aromatic N) is 1. The maximum absolute atomic E-state index is 13.7. The number of fused-ring (bicyclic) bond motifs is 1. The van der Waals surface area contributed by atoms with Crippen LogP contribution >= 0.6 is 23.5 Å². The number of aliphatic imine (C=N–C) groups is 1. The van der Waals surface area contributed by atoms with Gasteiger partial charge in [-0.1, -0.05) is 35.9 Å². The normalized spacial score (nSPS) is 15.3. The van der Waals surface area contributed by atoms with Crippen molar-refractivity contribution in [3.63, 3.8) is 0 Å². The van der Waals surface area contributed by atoms with E-state index >= 15 is 0 Å². The summed E-state index contributed by atoms with van der Waals surface area (Å²) in [5, 5.41) is 2.98. The van der Waals surface area contributed by atoms with Crippen LogP contribution in [0.1, 0.15) is 0 Å². The number of alkyl halides is 2. The zero-order valence-corrected chi connectivity index (χ0v) is 13.2. The van der Waals surface area contributed by atoms with Crippen molar-refractivity contribution in [1.82, 2.24) is 4.72 Å². The fourth-order valence-electron chi connectivity index (χ4n) is 2.16. The Balaban J connectivity index is 2.02. The SMILES string of the molecule is Fc1cccc(-c2cccc3c2NC(=NCC(F)F)NS3)c1Cl. The van der Waals surface area contributed by atoms with Crippen molar-refractivity contribution in [3.8, 4) is 11.1 Å². The Labute approximate surface area is 140 Å². The number of guanidine groups is 1. The van der Waals surface area contributed by atoms with Crippen LogP contribution in [0.4, 0.5) is 18.9 Å². The zero-order chi connectivity index (χ0) is 16.4. The fraction of sp³-hybridized carbons (Fsp3) is 0.133. The highest BCUT2D eigenvalue weighted by Gasteiger charge is 2.20. The average Bonchev–Trinajstić information content (AvgIpc) is 2.55. The molecule has 0 atom stereocenters. The van der Waals surface area contributed by atoms with E-state index in [2.05, 4.69) is 15.0 Å². The quantitative estimate of drug-likeness (QED) is 0.775. The Morgan fingerprint density at radius 3 is 2.65 bits per heavy atom. The Morgan fingerprint density at radius 2 is 1.87 bits per heavy atom. The highest BCUT2D eigenvalue weighted by atomic mass is 35.5. The number of rotatable bonds is 3. The molecule has 120 valence electrons. The molecule has 1 aliphatic rings. The molecule has 8 heteroatoms. The number of para-hydroxylation sites is 1. The van der Waals surface area contributed by atoms with E-state index in [0.29, 0.717) is 16.8 Å². The summed E-state index contributed by atoms with van der Waals surface area (Å²) in [4.78, 5) is 4.61. The van der Waals surface area contributed by atoms with Gasteiger partial charge in [-0.3, -0.25) is 4.72 Å². The number of halogens is 4. The standard InChI is InChI=1S/C15H11ClF3N3S/c16-13-8(3-1-5-10(13)17)9-4-2-6-11-14(9)21-15(22-23-11)20-7-12(18)19/h1-6,12H,7H2,(H2,20,21,22). The summed E-state index contributed by atoms with van der Waals surface area (Å²) in [6.45, 7) is -0.603. The zero-order valence-electron chi connectivity index (χ0n) is 11.6. The molecule has 0 amide bonds. The van der Waals surface area contributed by atoms with Crippen molar-refractivity contribution in [3.05, 3.63) is 47.2 Å². The molecule has 2 N–H and O–H groups in total. The Bertz CT molecular complexity index is 768. The van der Waals surface area contributed by atoms with Crippen LogP contribution in [-0.2, 0) is 0 Å². The number of nitrogens with one attached hydrogen (secondary N) is 2. The van der Waals surface area contributed by atoms with E-state index in [-0.39, 0.29) is 11.0 Å². The second kappa shape index (κ2) is 6.72. The van der Waals surface area contributed by atoms with Gasteiger partial charge in [0.2, 0.25) is 5.96 Å². The number of hydrogen-bond donors (Lipinski definition) is 2. The van der Waals surface area contributed by atoms with Crippen LogP contribution < -0.4 is 10.0 Å². The van der Waals surface area contributed by atoms with E-state index in [1.807, 2.05) is 12.1 Å². The number of benzene rings is 2. The molecule has 2 aromatic carbocycles. The maximum Gasteiger partial charge on any atom is 0.257 e. The summed E-state index contributed by atoms with van der Waals surface area (Å²) in [6.07, 6.45) is -2.52. The topological polar surface area (TPSA) is 36.4 Å². The molecular formula is C15H11ClF3N3S. The lowest BCUT2D eigenvalue weighted by atomic mass is 10.0. The molecule has 1 aliphatic heterocycles. The highest BCUT2D eigenvalue weighted by molar-refractivity contribution is 7.98. The molecule has 0 bridgehead atoms. The van der Waals surface area contributed by atoms with Crippen LogP contribution in [0.15, 0.2) is 46.3 Å². The highest BCUT2D eigenvalue weighted by Crippen LogP contribution is 2.40. The minimum absolute atomic E-state index is 0.0114. The van der Waals surface area contributed by atoms with E-state index in [0.717, 1.165) is 4.90 Å². The summed E-state index contributed by atoms with van der Waals surface area (Å²) in [6, 6.07) is 9.98. The molecule has 0 spiro atoms. The van der Waals surface area contributed by atoms with Crippen molar-refractivity contribution in [2.24, 2.45) is 4.99 Å². The van der Waals surface area contributed by atoms with Gasteiger partial charge in [-0.2, -0.15) is 0 Å². The lowest BCUT2D eigenvalue weighted by Gasteiger charge is -2.23. The maximum atomic E-state index is 13.7. The van der Waals surface area contributed by atoms with Gasteiger partial charge in [0.15, 0.2) is 0 Å². The summed E-state index contributed by atoms with van der Waals surface area (Å²) >= 11 is 7.30. The third-order valence-corrected chi connectivity index (χ3v) is 4.40. The summed E-state index contributed by atoms with van der Waals surface area (Å²) in [7, 11) is 0. The molecule has 2 aromatic rings. The Morgan fingerprint density at radius 1 is 1.13 bits per heavy atom. The molecular weight excluding hydrogens is 347 g/mol. The lowest BCUT2D eigenvalue weighted by molar-refractivity contribution is 0.158. The molecule has 23 heavy (non-hydrogen) atoms. The lowest BCUT2D eigenvalue weighted by Crippen LogP contribution is -2.30. The second-order valence-corrected chi connectivity index (χ2v) is 5.92. The summed E-state index contributed by atoms with van der Waals surface area (Å²) in [5.74, 6) is -0.294. The molecule has 0 saturated carbocycles. The van der Waals surface area contributed by atoms with E-state index in [1.54, 1.807) is 18.2 Å². The first-order valence-corrected chi connectivity index (χ1v) is 7.85. The Kier molecular flexibility index (Phi) is 4.68. The van der Waals surface area contributed by atoms with Gasteiger partial charge in [0.05, 0.1) is 15.6 Å². The molecule has 0 saturated heterocycles. The summed E-state index contributed by atoms with van der Waals surface area (Å²) < 4.78 is 41.2. The molecule has 0 aliphatic carbocycles. The minimum atomic E-state index is -2.52. The number of anilines is 1. The predicted octanol–water partition coefficient (Wildman–Crippen LogP) is 4.79. The van der Waals surface area contributed by atoms with Crippen LogP contribution in [0.5, 0.6) is 0 Å². The van der Waals surface area contributed by atoms with Gasteiger partial charge in [-0.05, 0) is 24.1 Å². The molecule has 0 fully saturated rings. The van der Waals surface area contributed by atoms with Gasteiger partial charge in [0.1, 0.15) is 12.4 Å². The smallest absolute Gasteiger partial charge is 0.257 e. The van der Waals surface area contributed by atoms with Crippen LogP contribution in [0.25, 0.3) is 11.1 Å². The third-order valence-electron chi connectivity index (χ3n) is 3.16. The van der Waals surface area contributed by atoms with Crippen LogP contribution in [0.3, 0.4) is 0 Å². The fourth-order valence-corrected chi connectivity index (χ4v) is 3.12.